The van der Waals surface area contributed by atoms with E-state index in [1.165, 1.54) is 0 Å². The van der Waals surface area contributed by atoms with Gasteiger partial charge in [0.25, 0.3) is 5.91 Å². The maximum absolute atomic E-state index is 13.0. The van der Waals surface area contributed by atoms with Crippen LogP contribution in [0, 0.1) is 0 Å². The van der Waals surface area contributed by atoms with E-state index in [2.05, 4.69) is 9.97 Å². The lowest BCUT2D eigenvalue weighted by Gasteiger charge is -2.18. The lowest BCUT2D eigenvalue weighted by molar-refractivity contribution is 0.0369. The second-order valence-corrected chi connectivity index (χ2v) is 6.26. The molecule has 3 N–H and O–H groups in total. The minimum Gasteiger partial charge on any atom is -0.448 e. The van der Waals surface area contributed by atoms with E-state index >= 15 is 0 Å². The van der Waals surface area contributed by atoms with Gasteiger partial charge in [0, 0.05) is 28.9 Å². The van der Waals surface area contributed by atoms with E-state index in [1.807, 2.05) is 36.4 Å². The zero-order valence-electron chi connectivity index (χ0n) is 14.8. The van der Waals surface area contributed by atoms with Gasteiger partial charge in [-0.25, -0.2) is 4.79 Å². The molecule has 0 bridgehead atoms. The van der Waals surface area contributed by atoms with Crippen LogP contribution in [0.2, 0.25) is 0 Å². The van der Waals surface area contributed by atoms with Gasteiger partial charge >= 0.3 is 5.97 Å². The fraction of sp³-hybridized carbons (Fsp3) is 0.0455. The Labute approximate surface area is 161 Å². The van der Waals surface area contributed by atoms with Crippen molar-refractivity contribution in [3.8, 4) is 0 Å². The summed E-state index contributed by atoms with van der Waals surface area (Å²) < 4.78 is 5.82. The molecule has 4 aromatic rings. The second-order valence-electron chi connectivity index (χ2n) is 6.26. The Morgan fingerprint density at radius 2 is 1.54 bits per heavy atom. The average Bonchev–Trinajstić information content (AvgIpc) is 3.13. The molecule has 2 aromatic carbocycles. The largest absolute Gasteiger partial charge is 0.448 e. The molecule has 0 saturated heterocycles. The molecule has 28 heavy (non-hydrogen) atoms. The van der Waals surface area contributed by atoms with Gasteiger partial charge in [-0.1, -0.05) is 48.5 Å². The first-order chi connectivity index (χ1) is 13.6. The molecule has 0 aliphatic rings. The molecule has 0 spiro atoms. The molecule has 0 aliphatic heterocycles. The highest BCUT2D eigenvalue weighted by Crippen LogP contribution is 2.29. The van der Waals surface area contributed by atoms with E-state index in [1.54, 1.807) is 42.7 Å². The third-order valence-corrected chi connectivity index (χ3v) is 4.49. The molecule has 0 fully saturated rings. The number of fused-ring (bicyclic) bond motifs is 1. The van der Waals surface area contributed by atoms with Crippen LogP contribution >= 0.6 is 0 Å². The van der Waals surface area contributed by atoms with E-state index in [0.29, 0.717) is 10.9 Å². The Balaban J connectivity index is 1.76. The molecule has 0 radical (unpaired) electrons. The number of para-hydroxylation sites is 1. The van der Waals surface area contributed by atoms with Crippen molar-refractivity contribution in [2.75, 3.05) is 0 Å². The van der Waals surface area contributed by atoms with Gasteiger partial charge in [-0.15, -0.1) is 0 Å². The Hall–Kier alpha value is -3.93. The minimum atomic E-state index is -0.690. The van der Waals surface area contributed by atoms with E-state index in [9.17, 15) is 9.59 Å². The summed E-state index contributed by atoms with van der Waals surface area (Å²) in [5.74, 6) is -1.35. The predicted molar refractivity (Wildman–Crippen MR) is 105 cm³/mol. The molecule has 6 nitrogen and oxygen atoms in total. The second kappa shape index (κ2) is 7.36. The number of pyridine rings is 1. The normalized spacial score (nSPS) is 11.9. The fourth-order valence-electron chi connectivity index (χ4n) is 3.21. The predicted octanol–water partition coefficient (Wildman–Crippen LogP) is 3.61. The summed E-state index contributed by atoms with van der Waals surface area (Å²) >= 11 is 0. The number of ether oxygens (including phenoxy) is 1. The number of carbonyl (C=O) groups is 2. The van der Waals surface area contributed by atoms with Gasteiger partial charge in [-0.2, -0.15) is 0 Å². The van der Waals surface area contributed by atoms with Crippen LogP contribution in [0.1, 0.15) is 38.1 Å². The van der Waals surface area contributed by atoms with Gasteiger partial charge in [-0.3, -0.25) is 9.78 Å². The van der Waals surface area contributed by atoms with E-state index in [4.69, 9.17) is 10.5 Å². The van der Waals surface area contributed by atoms with Crippen molar-refractivity contribution >= 4 is 22.8 Å². The standard InChI is InChI=1S/C22H17N3O3/c23-21(26)18-16-8-4-5-9-17(16)25-19(18)22(27)28-20(14-6-2-1-3-7-14)15-10-12-24-13-11-15/h1-13,20,25H,(H2,23,26). The molecule has 0 aliphatic carbocycles. The number of nitrogens with two attached hydrogens (primary N) is 1. The van der Waals surface area contributed by atoms with Crippen LogP contribution in [-0.2, 0) is 4.74 Å². The summed E-state index contributed by atoms with van der Waals surface area (Å²) in [6.07, 6.45) is 2.62. The number of rotatable bonds is 5. The van der Waals surface area contributed by atoms with E-state index < -0.39 is 18.0 Å². The van der Waals surface area contributed by atoms with Gasteiger partial charge < -0.3 is 15.5 Å². The van der Waals surface area contributed by atoms with Crippen LogP contribution in [0.4, 0.5) is 0 Å². The number of hydrogen-bond acceptors (Lipinski definition) is 4. The first-order valence-electron chi connectivity index (χ1n) is 8.71. The SMILES string of the molecule is NC(=O)c1c(C(=O)OC(c2ccccc2)c2ccncc2)[nH]c2ccccc12. The lowest BCUT2D eigenvalue weighted by atomic mass is 10.0. The molecule has 1 amide bonds. The van der Waals surface area contributed by atoms with Crippen molar-refractivity contribution in [3.05, 3.63) is 102 Å². The summed E-state index contributed by atoms with van der Waals surface area (Å²) in [6, 6.07) is 20.0. The molecule has 2 aromatic heterocycles. The number of carbonyl (C=O) groups excluding carboxylic acids is 2. The highest BCUT2D eigenvalue weighted by molar-refractivity contribution is 6.14. The van der Waals surface area contributed by atoms with Gasteiger partial charge in [0.2, 0.25) is 0 Å². The smallest absolute Gasteiger partial charge is 0.356 e. The molecule has 1 atom stereocenters. The van der Waals surface area contributed by atoms with Crippen molar-refractivity contribution < 1.29 is 14.3 Å². The number of hydrogen-bond donors (Lipinski definition) is 2. The average molecular weight is 371 g/mol. The van der Waals surface area contributed by atoms with Gasteiger partial charge in [0.05, 0.1) is 5.56 Å². The molecule has 4 rings (SSSR count). The summed E-state index contributed by atoms with van der Waals surface area (Å²) in [6.45, 7) is 0. The van der Waals surface area contributed by atoms with Crippen LogP contribution in [-0.4, -0.2) is 21.8 Å². The number of amides is 1. The summed E-state index contributed by atoms with van der Waals surface area (Å²) in [4.78, 5) is 32.0. The number of esters is 1. The molecule has 2 heterocycles. The summed E-state index contributed by atoms with van der Waals surface area (Å²) in [5, 5.41) is 0.585. The van der Waals surface area contributed by atoms with Crippen molar-refractivity contribution in [2.45, 2.75) is 6.10 Å². The molecular formula is C22H17N3O3. The maximum Gasteiger partial charge on any atom is 0.356 e. The van der Waals surface area contributed by atoms with Crippen molar-refractivity contribution in [2.24, 2.45) is 5.73 Å². The molecular weight excluding hydrogens is 354 g/mol. The molecule has 1 unspecified atom stereocenters. The number of benzene rings is 2. The van der Waals surface area contributed by atoms with Crippen LogP contribution in [0.3, 0.4) is 0 Å². The van der Waals surface area contributed by atoms with Gasteiger partial charge in [0.1, 0.15) is 5.69 Å². The zero-order valence-corrected chi connectivity index (χ0v) is 14.8. The summed E-state index contributed by atoms with van der Waals surface area (Å²) in [7, 11) is 0. The fourth-order valence-corrected chi connectivity index (χ4v) is 3.21. The summed E-state index contributed by atoms with van der Waals surface area (Å²) in [5.41, 5.74) is 7.93. The quantitative estimate of drug-likeness (QED) is 0.524. The highest BCUT2D eigenvalue weighted by atomic mass is 16.5. The van der Waals surface area contributed by atoms with Crippen LogP contribution in [0.25, 0.3) is 10.9 Å². The topological polar surface area (TPSA) is 98.1 Å². The Morgan fingerprint density at radius 1 is 0.893 bits per heavy atom. The van der Waals surface area contributed by atoms with Crippen LogP contribution < -0.4 is 5.73 Å². The van der Waals surface area contributed by atoms with Crippen molar-refractivity contribution in [3.63, 3.8) is 0 Å². The van der Waals surface area contributed by atoms with Crippen molar-refractivity contribution in [1.82, 2.24) is 9.97 Å². The first-order valence-corrected chi connectivity index (χ1v) is 8.71. The number of H-pyrrole nitrogens is 1. The lowest BCUT2D eigenvalue weighted by Crippen LogP contribution is -2.19. The molecule has 0 saturated carbocycles. The number of nitrogens with zero attached hydrogens (tertiary/aromatic N) is 1. The van der Waals surface area contributed by atoms with Crippen LogP contribution in [0.15, 0.2) is 79.1 Å². The van der Waals surface area contributed by atoms with Gasteiger partial charge in [0.15, 0.2) is 6.10 Å². The van der Waals surface area contributed by atoms with E-state index in [0.717, 1.165) is 11.1 Å². The van der Waals surface area contributed by atoms with Gasteiger partial charge in [-0.05, 0) is 23.8 Å². The molecule has 6 heteroatoms. The number of aromatic amines is 1. The molecule has 138 valence electrons. The number of aromatic nitrogens is 2. The third kappa shape index (κ3) is 3.23. The minimum absolute atomic E-state index is 0.0451. The Kier molecular flexibility index (Phi) is 4.60. The zero-order chi connectivity index (χ0) is 19.5. The third-order valence-electron chi connectivity index (χ3n) is 4.49. The first kappa shape index (κ1) is 17.5. The monoisotopic (exact) mass is 371 g/mol. The van der Waals surface area contributed by atoms with Crippen LogP contribution in [0.5, 0.6) is 0 Å². The Morgan fingerprint density at radius 3 is 2.25 bits per heavy atom. The number of primary amides is 1. The highest BCUT2D eigenvalue weighted by Gasteiger charge is 2.26. The Bertz CT molecular complexity index is 1100. The van der Waals surface area contributed by atoms with E-state index in [-0.39, 0.29) is 11.3 Å². The van der Waals surface area contributed by atoms with Crippen molar-refractivity contribution in [1.29, 1.82) is 0 Å². The number of nitrogens with one attached hydrogen (secondary N) is 1. The maximum atomic E-state index is 13.0.